The molecule has 0 aliphatic heterocycles. The molecular weight excluding hydrogens is 188 g/mol. The molecule has 0 saturated heterocycles. The van der Waals surface area contributed by atoms with Gasteiger partial charge in [-0.25, -0.2) is 0 Å². The van der Waals surface area contributed by atoms with Crippen molar-refractivity contribution < 1.29 is 4.74 Å². The molecule has 0 atom stereocenters. The van der Waals surface area contributed by atoms with Gasteiger partial charge in [0.2, 0.25) is 0 Å². The van der Waals surface area contributed by atoms with Gasteiger partial charge < -0.3 is 10.1 Å². The first kappa shape index (κ1) is 11.5. The number of hydrogen-bond donors (Lipinski definition) is 1. The molecule has 0 saturated carbocycles. The minimum atomic E-state index is 0.591. The molecule has 3 nitrogen and oxygen atoms in total. The number of ether oxygens (including phenoxy) is 1. The van der Waals surface area contributed by atoms with E-state index in [1.165, 1.54) is 0 Å². The molecule has 0 aromatic heterocycles. The van der Waals surface area contributed by atoms with E-state index in [1.807, 2.05) is 18.2 Å². The Morgan fingerprint density at radius 3 is 2.87 bits per heavy atom. The zero-order valence-electron chi connectivity index (χ0n) is 8.99. The first-order chi connectivity index (χ1) is 7.38. The predicted molar refractivity (Wildman–Crippen MR) is 59.8 cm³/mol. The highest BCUT2D eigenvalue weighted by molar-refractivity contribution is 5.42. The number of benzene rings is 1. The fourth-order valence-corrected chi connectivity index (χ4v) is 1.22. The maximum Gasteiger partial charge on any atom is 0.137 e. The Labute approximate surface area is 90.7 Å². The van der Waals surface area contributed by atoms with Crippen LogP contribution in [-0.2, 0) is 0 Å². The Kier molecular flexibility index (Phi) is 5.28. The molecule has 1 aromatic rings. The maximum atomic E-state index is 8.81. The van der Waals surface area contributed by atoms with Crippen LogP contribution in [0.5, 0.6) is 5.75 Å². The van der Waals surface area contributed by atoms with E-state index in [0.717, 1.165) is 19.5 Å². The SMILES string of the molecule is CCCNCCOc1ccccc1C#N. The van der Waals surface area contributed by atoms with Crippen molar-refractivity contribution in [2.45, 2.75) is 13.3 Å². The molecule has 0 bridgehead atoms. The molecule has 0 spiro atoms. The molecule has 15 heavy (non-hydrogen) atoms. The Morgan fingerprint density at radius 2 is 2.13 bits per heavy atom. The normalized spacial score (nSPS) is 9.60. The summed E-state index contributed by atoms with van der Waals surface area (Å²) >= 11 is 0. The van der Waals surface area contributed by atoms with Gasteiger partial charge in [0.15, 0.2) is 0 Å². The monoisotopic (exact) mass is 204 g/mol. The van der Waals surface area contributed by atoms with Crippen LogP contribution in [0.3, 0.4) is 0 Å². The van der Waals surface area contributed by atoms with Crippen LogP contribution >= 0.6 is 0 Å². The van der Waals surface area contributed by atoms with Gasteiger partial charge in [-0.05, 0) is 25.1 Å². The second-order valence-electron chi connectivity index (χ2n) is 3.21. The van der Waals surface area contributed by atoms with E-state index < -0.39 is 0 Å². The molecule has 1 N–H and O–H groups in total. The molecule has 0 amide bonds. The third-order valence-corrected chi connectivity index (χ3v) is 1.97. The first-order valence-electron chi connectivity index (χ1n) is 5.21. The van der Waals surface area contributed by atoms with Crippen LogP contribution in [0.1, 0.15) is 18.9 Å². The Morgan fingerprint density at radius 1 is 1.33 bits per heavy atom. The summed E-state index contributed by atoms with van der Waals surface area (Å²) in [5, 5.41) is 12.0. The van der Waals surface area contributed by atoms with Gasteiger partial charge in [0.25, 0.3) is 0 Å². The van der Waals surface area contributed by atoms with Gasteiger partial charge in [0, 0.05) is 6.54 Å². The minimum Gasteiger partial charge on any atom is -0.491 e. The molecule has 80 valence electrons. The fourth-order valence-electron chi connectivity index (χ4n) is 1.22. The lowest BCUT2D eigenvalue weighted by molar-refractivity contribution is 0.313. The van der Waals surface area contributed by atoms with Crippen LogP contribution in [0.4, 0.5) is 0 Å². The summed E-state index contributed by atoms with van der Waals surface area (Å²) in [6.45, 7) is 4.54. The van der Waals surface area contributed by atoms with Crippen molar-refractivity contribution in [3.63, 3.8) is 0 Å². The molecule has 0 aliphatic rings. The third kappa shape index (κ3) is 4.01. The number of hydrogen-bond acceptors (Lipinski definition) is 3. The van der Waals surface area contributed by atoms with E-state index in [4.69, 9.17) is 10.00 Å². The summed E-state index contributed by atoms with van der Waals surface area (Å²) in [7, 11) is 0. The van der Waals surface area contributed by atoms with E-state index in [1.54, 1.807) is 6.07 Å². The summed E-state index contributed by atoms with van der Waals surface area (Å²) in [5.74, 6) is 0.665. The number of rotatable bonds is 6. The molecule has 1 rings (SSSR count). The van der Waals surface area contributed by atoms with Gasteiger partial charge in [-0.3, -0.25) is 0 Å². The second kappa shape index (κ2) is 6.86. The van der Waals surface area contributed by atoms with E-state index in [0.29, 0.717) is 17.9 Å². The van der Waals surface area contributed by atoms with Crippen molar-refractivity contribution >= 4 is 0 Å². The molecule has 3 heteroatoms. The number of nitriles is 1. The highest BCUT2D eigenvalue weighted by Gasteiger charge is 2.00. The van der Waals surface area contributed by atoms with Crippen LogP contribution in [0.15, 0.2) is 24.3 Å². The smallest absolute Gasteiger partial charge is 0.137 e. The van der Waals surface area contributed by atoms with E-state index in [9.17, 15) is 0 Å². The van der Waals surface area contributed by atoms with Gasteiger partial charge in [0.05, 0.1) is 5.56 Å². The largest absolute Gasteiger partial charge is 0.491 e. The summed E-state index contributed by atoms with van der Waals surface area (Å²) in [6.07, 6.45) is 1.12. The lowest BCUT2D eigenvalue weighted by atomic mass is 10.2. The van der Waals surface area contributed by atoms with Crippen LogP contribution in [0, 0.1) is 11.3 Å². The summed E-state index contributed by atoms with van der Waals surface area (Å²) < 4.78 is 5.49. The molecule has 0 unspecified atom stereocenters. The average Bonchev–Trinajstić information content (AvgIpc) is 2.29. The Bertz CT molecular complexity index is 331. The molecule has 0 radical (unpaired) electrons. The summed E-state index contributed by atoms with van der Waals surface area (Å²) in [4.78, 5) is 0. The Balaban J connectivity index is 2.34. The topological polar surface area (TPSA) is 45.0 Å². The minimum absolute atomic E-state index is 0.591. The van der Waals surface area contributed by atoms with Crippen molar-refractivity contribution in [2.24, 2.45) is 0 Å². The van der Waals surface area contributed by atoms with Crippen LogP contribution < -0.4 is 10.1 Å². The lowest BCUT2D eigenvalue weighted by Crippen LogP contribution is -2.21. The van der Waals surface area contributed by atoms with E-state index in [-0.39, 0.29) is 0 Å². The lowest BCUT2D eigenvalue weighted by Gasteiger charge is -2.07. The van der Waals surface area contributed by atoms with Crippen LogP contribution in [0.25, 0.3) is 0 Å². The van der Waals surface area contributed by atoms with Gasteiger partial charge in [-0.15, -0.1) is 0 Å². The van der Waals surface area contributed by atoms with Crippen molar-refractivity contribution in [3.05, 3.63) is 29.8 Å². The van der Waals surface area contributed by atoms with E-state index >= 15 is 0 Å². The molecule has 0 fully saturated rings. The standard InChI is InChI=1S/C12H16N2O/c1-2-7-14-8-9-15-12-6-4-3-5-11(12)10-13/h3-6,14H,2,7-9H2,1H3. The van der Waals surface area contributed by atoms with Crippen molar-refractivity contribution in [3.8, 4) is 11.8 Å². The zero-order chi connectivity index (χ0) is 10.9. The van der Waals surface area contributed by atoms with Crippen LogP contribution in [-0.4, -0.2) is 19.7 Å². The quantitative estimate of drug-likeness (QED) is 0.720. The highest BCUT2D eigenvalue weighted by atomic mass is 16.5. The molecule has 0 aliphatic carbocycles. The first-order valence-corrected chi connectivity index (χ1v) is 5.21. The van der Waals surface area contributed by atoms with Crippen molar-refractivity contribution in [1.29, 1.82) is 5.26 Å². The highest BCUT2D eigenvalue weighted by Crippen LogP contribution is 2.15. The molecular formula is C12H16N2O. The Hall–Kier alpha value is -1.53. The average molecular weight is 204 g/mol. The van der Waals surface area contributed by atoms with Crippen molar-refractivity contribution in [2.75, 3.05) is 19.7 Å². The molecule has 0 heterocycles. The van der Waals surface area contributed by atoms with Gasteiger partial charge in [-0.1, -0.05) is 19.1 Å². The fraction of sp³-hybridized carbons (Fsp3) is 0.417. The predicted octanol–water partition coefficient (Wildman–Crippen LogP) is 1.94. The van der Waals surface area contributed by atoms with Gasteiger partial charge in [-0.2, -0.15) is 5.26 Å². The van der Waals surface area contributed by atoms with Gasteiger partial charge >= 0.3 is 0 Å². The van der Waals surface area contributed by atoms with Crippen molar-refractivity contribution in [1.82, 2.24) is 5.32 Å². The summed E-state index contributed by atoms with van der Waals surface area (Å²) in [6, 6.07) is 9.38. The summed E-state index contributed by atoms with van der Waals surface area (Å²) in [5.41, 5.74) is 0.591. The maximum absolute atomic E-state index is 8.81. The van der Waals surface area contributed by atoms with Crippen LogP contribution in [0.2, 0.25) is 0 Å². The van der Waals surface area contributed by atoms with Gasteiger partial charge in [0.1, 0.15) is 18.4 Å². The number of nitrogens with one attached hydrogen (secondary N) is 1. The van der Waals surface area contributed by atoms with E-state index in [2.05, 4.69) is 18.3 Å². The number of para-hydroxylation sites is 1. The number of nitrogens with zero attached hydrogens (tertiary/aromatic N) is 1. The zero-order valence-corrected chi connectivity index (χ0v) is 8.99. The third-order valence-electron chi connectivity index (χ3n) is 1.97. The molecule has 1 aromatic carbocycles. The second-order valence-corrected chi connectivity index (χ2v) is 3.21.